The minimum absolute atomic E-state index is 0.0833. The first-order valence-electron chi connectivity index (χ1n) is 10.2. The average Bonchev–Trinajstić information content (AvgIpc) is 3.22. The van der Waals surface area contributed by atoms with Crippen molar-refractivity contribution >= 4 is 27.5 Å². The van der Waals surface area contributed by atoms with E-state index < -0.39 is 0 Å². The van der Waals surface area contributed by atoms with E-state index in [0.717, 1.165) is 27.8 Å². The smallest absolute Gasteiger partial charge is 0.262 e. The Balaban J connectivity index is 1.61. The molecule has 5 nitrogen and oxygen atoms in total. The lowest BCUT2D eigenvalue weighted by molar-refractivity contribution is -0.118. The minimum atomic E-state index is -0.209. The molecule has 0 bridgehead atoms. The fourth-order valence-corrected chi connectivity index (χ4v) is 3.92. The van der Waals surface area contributed by atoms with Gasteiger partial charge in [-0.05, 0) is 56.5 Å². The summed E-state index contributed by atoms with van der Waals surface area (Å²) in [6, 6.07) is 12.1. The standard InChI is InChI=1S/C23H29BrN2O3/c1-3-28-21-12-17(14-25-18-6-4-5-7-18)20(24)13-22(21)29-15-23(27)26-19-10-8-16(2)9-11-19/h8-13,18,25H,3-7,14-15H2,1-2H3,(H,26,27). The summed E-state index contributed by atoms with van der Waals surface area (Å²) in [5.74, 6) is 1.00. The van der Waals surface area contributed by atoms with Gasteiger partial charge in [0.05, 0.1) is 6.61 Å². The van der Waals surface area contributed by atoms with Crippen LogP contribution in [0.15, 0.2) is 40.9 Å². The van der Waals surface area contributed by atoms with Gasteiger partial charge in [-0.2, -0.15) is 0 Å². The van der Waals surface area contributed by atoms with Gasteiger partial charge in [0, 0.05) is 22.7 Å². The molecule has 0 saturated heterocycles. The normalized spacial score (nSPS) is 14.0. The number of halogens is 1. The zero-order chi connectivity index (χ0) is 20.6. The van der Waals surface area contributed by atoms with Crippen LogP contribution in [0.2, 0.25) is 0 Å². The number of amides is 1. The Kier molecular flexibility index (Phi) is 7.95. The molecule has 0 spiro atoms. The molecule has 1 amide bonds. The van der Waals surface area contributed by atoms with Gasteiger partial charge < -0.3 is 20.1 Å². The first-order chi connectivity index (χ1) is 14.0. The molecule has 1 aliphatic carbocycles. The molecule has 29 heavy (non-hydrogen) atoms. The zero-order valence-corrected chi connectivity index (χ0v) is 18.7. The maximum absolute atomic E-state index is 12.2. The highest BCUT2D eigenvalue weighted by Crippen LogP contribution is 2.34. The first-order valence-corrected chi connectivity index (χ1v) is 11.0. The van der Waals surface area contributed by atoms with Crippen LogP contribution < -0.4 is 20.1 Å². The summed E-state index contributed by atoms with van der Waals surface area (Å²) in [5.41, 5.74) is 3.02. The molecular formula is C23H29BrN2O3. The molecule has 0 atom stereocenters. The second kappa shape index (κ2) is 10.6. The monoisotopic (exact) mass is 460 g/mol. The van der Waals surface area contributed by atoms with Crippen LogP contribution in [0, 0.1) is 6.92 Å². The molecule has 156 valence electrons. The molecule has 2 N–H and O–H groups in total. The summed E-state index contributed by atoms with van der Waals surface area (Å²) in [6.07, 6.45) is 5.10. The van der Waals surface area contributed by atoms with Gasteiger partial charge in [0.1, 0.15) is 0 Å². The van der Waals surface area contributed by atoms with E-state index >= 15 is 0 Å². The molecule has 2 aromatic carbocycles. The van der Waals surface area contributed by atoms with Gasteiger partial charge in [0.25, 0.3) is 5.91 Å². The Morgan fingerprint density at radius 1 is 1.10 bits per heavy atom. The van der Waals surface area contributed by atoms with Gasteiger partial charge in [-0.3, -0.25) is 4.79 Å². The second-order valence-corrected chi connectivity index (χ2v) is 8.24. The van der Waals surface area contributed by atoms with E-state index in [0.29, 0.717) is 24.1 Å². The van der Waals surface area contributed by atoms with E-state index in [1.165, 1.54) is 25.7 Å². The lowest BCUT2D eigenvalue weighted by atomic mass is 10.1. The summed E-state index contributed by atoms with van der Waals surface area (Å²) < 4.78 is 12.5. The average molecular weight is 461 g/mol. The zero-order valence-electron chi connectivity index (χ0n) is 17.1. The van der Waals surface area contributed by atoms with Crippen molar-refractivity contribution in [2.45, 2.75) is 52.1 Å². The van der Waals surface area contributed by atoms with Crippen LogP contribution in [-0.2, 0) is 11.3 Å². The van der Waals surface area contributed by atoms with Crippen molar-refractivity contribution in [2.24, 2.45) is 0 Å². The van der Waals surface area contributed by atoms with Crippen LogP contribution in [0.1, 0.15) is 43.7 Å². The third-order valence-corrected chi connectivity index (χ3v) is 5.78. The highest BCUT2D eigenvalue weighted by Gasteiger charge is 2.16. The topological polar surface area (TPSA) is 59.6 Å². The van der Waals surface area contributed by atoms with Crippen molar-refractivity contribution in [3.05, 3.63) is 52.0 Å². The molecule has 0 aliphatic heterocycles. The molecular weight excluding hydrogens is 432 g/mol. The van der Waals surface area contributed by atoms with Crippen molar-refractivity contribution < 1.29 is 14.3 Å². The van der Waals surface area contributed by atoms with Gasteiger partial charge in [0.2, 0.25) is 0 Å². The minimum Gasteiger partial charge on any atom is -0.490 e. The molecule has 1 fully saturated rings. The number of benzene rings is 2. The predicted molar refractivity (Wildman–Crippen MR) is 120 cm³/mol. The largest absolute Gasteiger partial charge is 0.490 e. The fourth-order valence-electron chi connectivity index (χ4n) is 3.46. The molecule has 1 saturated carbocycles. The number of ether oxygens (including phenoxy) is 2. The lowest BCUT2D eigenvalue weighted by Gasteiger charge is -2.17. The molecule has 3 rings (SSSR count). The van der Waals surface area contributed by atoms with Gasteiger partial charge in [-0.15, -0.1) is 0 Å². The third kappa shape index (κ3) is 6.47. The Hall–Kier alpha value is -2.05. The summed E-state index contributed by atoms with van der Waals surface area (Å²) in [5, 5.41) is 6.46. The van der Waals surface area contributed by atoms with Crippen LogP contribution in [0.25, 0.3) is 0 Å². The third-order valence-electron chi connectivity index (χ3n) is 5.04. The number of rotatable bonds is 9. The number of aryl methyl sites for hydroxylation is 1. The second-order valence-electron chi connectivity index (χ2n) is 7.39. The number of carbonyl (C=O) groups is 1. The van der Waals surface area contributed by atoms with Crippen LogP contribution in [-0.4, -0.2) is 25.2 Å². The van der Waals surface area contributed by atoms with Gasteiger partial charge >= 0.3 is 0 Å². The fraction of sp³-hybridized carbons (Fsp3) is 0.435. The molecule has 6 heteroatoms. The summed E-state index contributed by atoms with van der Waals surface area (Å²) in [7, 11) is 0. The Labute approximate surface area is 181 Å². The summed E-state index contributed by atoms with van der Waals surface area (Å²) >= 11 is 3.63. The van der Waals surface area contributed by atoms with Crippen LogP contribution in [0.3, 0.4) is 0 Å². The van der Waals surface area contributed by atoms with Gasteiger partial charge in [0.15, 0.2) is 18.1 Å². The lowest BCUT2D eigenvalue weighted by Crippen LogP contribution is -2.25. The van der Waals surface area contributed by atoms with Crippen LogP contribution >= 0.6 is 15.9 Å². The van der Waals surface area contributed by atoms with Crippen molar-refractivity contribution in [1.82, 2.24) is 5.32 Å². The van der Waals surface area contributed by atoms with E-state index in [4.69, 9.17) is 9.47 Å². The molecule has 0 unspecified atom stereocenters. The van der Waals surface area contributed by atoms with E-state index in [2.05, 4.69) is 26.6 Å². The van der Waals surface area contributed by atoms with Crippen LogP contribution in [0.5, 0.6) is 11.5 Å². The predicted octanol–water partition coefficient (Wildman–Crippen LogP) is 5.21. The van der Waals surface area contributed by atoms with E-state index in [9.17, 15) is 4.79 Å². The van der Waals surface area contributed by atoms with E-state index in [-0.39, 0.29) is 12.5 Å². The summed E-state index contributed by atoms with van der Waals surface area (Å²) in [6.45, 7) is 5.17. The summed E-state index contributed by atoms with van der Waals surface area (Å²) in [4.78, 5) is 12.2. The Bertz CT molecular complexity index is 818. The van der Waals surface area contributed by atoms with Crippen molar-refractivity contribution in [2.75, 3.05) is 18.5 Å². The Morgan fingerprint density at radius 3 is 2.48 bits per heavy atom. The number of anilines is 1. The first kappa shape index (κ1) is 21.7. The number of carbonyl (C=O) groups excluding carboxylic acids is 1. The van der Waals surface area contributed by atoms with Gasteiger partial charge in [-0.25, -0.2) is 0 Å². The van der Waals surface area contributed by atoms with Crippen LogP contribution in [0.4, 0.5) is 5.69 Å². The van der Waals surface area contributed by atoms with E-state index in [1.807, 2.05) is 50.2 Å². The molecule has 1 aliphatic rings. The number of nitrogens with one attached hydrogen (secondary N) is 2. The van der Waals surface area contributed by atoms with Crippen molar-refractivity contribution in [3.8, 4) is 11.5 Å². The Morgan fingerprint density at radius 2 is 1.79 bits per heavy atom. The van der Waals surface area contributed by atoms with Crippen molar-refractivity contribution in [3.63, 3.8) is 0 Å². The highest BCUT2D eigenvalue weighted by atomic mass is 79.9. The SMILES string of the molecule is CCOc1cc(CNC2CCCC2)c(Br)cc1OCC(=O)Nc1ccc(C)cc1. The highest BCUT2D eigenvalue weighted by molar-refractivity contribution is 9.10. The molecule has 2 aromatic rings. The van der Waals surface area contributed by atoms with Gasteiger partial charge in [-0.1, -0.05) is 46.5 Å². The number of hydrogen-bond donors (Lipinski definition) is 2. The quantitative estimate of drug-likeness (QED) is 0.539. The molecule has 0 heterocycles. The van der Waals surface area contributed by atoms with Crippen molar-refractivity contribution in [1.29, 1.82) is 0 Å². The maximum atomic E-state index is 12.2. The molecule has 0 radical (unpaired) electrons. The molecule has 0 aromatic heterocycles. The maximum Gasteiger partial charge on any atom is 0.262 e. The number of hydrogen-bond acceptors (Lipinski definition) is 4. The van der Waals surface area contributed by atoms with E-state index in [1.54, 1.807) is 0 Å².